The topological polar surface area (TPSA) is 106 Å². The number of piperazine rings is 1. The SMILES string of the molecule is Cc1nc(N)nc(N2CCNCC2)c1-c1ccc(N)nc1. The third kappa shape index (κ3) is 2.73. The van der Waals surface area contributed by atoms with Crippen LogP contribution in [0.2, 0.25) is 0 Å². The van der Waals surface area contributed by atoms with E-state index in [1.165, 1.54) is 0 Å². The third-order valence-corrected chi connectivity index (χ3v) is 3.58. The molecule has 7 nitrogen and oxygen atoms in total. The summed E-state index contributed by atoms with van der Waals surface area (Å²) in [7, 11) is 0. The number of nitrogens with two attached hydrogens (primary N) is 2. The van der Waals surface area contributed by atoms with E-state index < -0.39 is 0 Å². The van der Waals surface area contributed by atoms with E-state index in [2.05, 4.69) is 25.2 Å². The van der Waals surface area contributed by atoms with Gasteiger partial charge >= 0.3 is 0 Å². The maximum Gasteiger partial charge on any atom is 0.222 e. The summed E-state index contributed by atoms with van der Waals surface area (Å²) in [5, 5.41) is 3.34. The molecule has 0 bridgehead atoms. The van der Waals surface area contributed by atoms with Gasteiger partial charge in [-0.3, -0.25) is 0 Å². The lowest BCUT2D eigenvalue weighted by molar-refractivity contribution is 0.585. The fraction of sp³-hybridized carbons (Fsp3) is 0.357. The smallest absolute Gasteiger partial charge is 0.222 e. The lowest BCUT2D eigenvalue weighted by Crippen LogP contribution is -2.44. The van der Waals surface area contributed by atoms with E-state index in [1.54, 1.807) is 12.3 Å². The predicted octanol–water partition coefficient (Wildman–Crippen LogP) is 0.421. The van der Waals surface area contributed by atoms with Gasteiger partial charge in [0.15, 0.2) is 0 Å². The summed E-state index contributed by atoms with van der Waals surface area (Å²) in [4.78, 5) is 15.2. The van der Waals surface area contributed by atoms with Crippen LogP contribution in [0.15, 0.2) is 18.3 Å². The molecule has 2 aromatic rings. The molecule has 1 fully saturated rings. The summed E-state index contributed by atoms with van der Waals surface area (Å²) in [5.41, 5.74) is 14.3. The van der Waals surface area contributed by atoms with Crippen molar-refractivity contribution in [3.8, 4) is 11.1 Å². The van der Waals surface area contributed by atoms with Crippen LogP contribution in [0.25, 0.3) is 11.1 Å². The Balaban J connectivity index is 2.11. The molecule has 1 saturated heterocycles. The molecule has 1 aliphatic heterocycles. The van der Waals surface area contributed by atoms with Crippen LogP contribution in [0.5, 0.6) is 0 Å². The Morgan fingerprint density at radius 3 is 2.57 bits per heavy atom. The van der Waals surface area contributed by atoms with Crippen molar-refractivity contribution in [1.82, 2.24) is 20.3 Å². The molecule has 5 N–H and O–H groups in total. The van der Waals surface area contributed by atoms with Crippen LogP contribution in [0.1, 0.15) is 5.69 Å². The zero-order valence-electron chi connectivity index (χ0n) is 12.0. The molecule has 0 radical (unpaired) electrons. The first-order valence-electron chi connectivity index (χ1n) is 6.97. The van der Waals surface area contributed by atoms with Gasteiger partial charge in [0.1, 0.15) is 11.6 Å². The van der Waals surface area contributed by atoms with Crippen LogP contribution < -0.4 is 21.7 Å². The first-order valence-corrected chi connectivity index (χ1v) is 6.97. The van der Waals surface area contributed by atoms with Crippen molar-refractivity contribution >= 4 is 17.6 Å². The van der Waals surface area contributed by atoms with Crippen LogP contribution in [-0.2, 0) is 0 Å². The first kappa shape index (κ1) is 13.6. The molecule has 2 aromatic heterocycles. The maximum absolute atomic E-state index is 5.84. The quantitative estimate of drug-likeness (QED) is 0.734. The van der Waals surface area contributed by atoms with Crippen molar-refractivity contribution in [2.24, 2.45) is 0 Å². The molecule has 0 amide bonds. The molecular formula is C14H19N7. The van der Waals surface area contributed by atoms with Crippen LogP contribution in [0.3, 0.4) is 0 Å². The average molecular weight is 285 g/mol. The number of nitrogen functional groups attached to an aromatic ring is 2. The van der Waals surface area contributed by atoms with E-state index in [1.807, 2.05) is 13.0 Å². The molecule has 0 aromatic carbocycles. The lowest BCUT2D eigenvalue weighted by atomic mass is 10.1. The lowest BCUT2D eigenvalue weighted by Gasteiger charge is -2.30. The van der Waals surface area contributed by atoms with Crippen molar-refractivity contribution in [3.05, 3.63) is 24.0 Å². The zero-order valence-corrected chi connectivity index (χ0v) is 12.0. The van der Waals surface area contributed by atoms with Crippen LogP contribution in [0.4, 0.5) is 17.6 Å². The van der Waals surface area contributed by atoms with Gasteiger partial charge in [-0.2, -0.15) is 4.98 Å². The van der Waals surface area contributed by atoms with E-state index in [0.717, 1.165) is 48.8 Å². The molecule has 3 heterocycles. The normalized spacial score (nSPS) is 15.2. The van der Waals surface area contributed by atoms with Gasteiger partial charge in [-0.05, 0) is 19.1 Å². The van der Waals surface area contributed by atoms with Gasteiger partial charge in [0.25, 0.3) is 0 Å². The van der Waals surface area contributed by atoms with Crippen LogP contribution >= 0.6 is 0 Å². The first-order chi connectivity index (χ1) is 10.1. The number of hydrogen-bond acceptors (Lipinski definition) is 7. The fourth-order valence-electron chi connectivity index (χ4n) is 2.58. The summed E-state index contributed by atoms with van der Waals surface area (Å²) in [5.74, 6) is 1.66. The minimum atomic E-state index is 0.299. The zero-order chi connectivity index (χ0) is 14.8. The van der Waals surface area contributed by atoms with Crippen molar-refractivity contribution in [2.45, 2.75) is 6.92 Å². The molecule has 0 spiro atoms. The summed E-state index contributed by atoms with van der Waals surface area (Å²) >= 11 is 0. The second-order valence-electron chi connectivity index (χ2n) is 5.07. The van der Waals surface area contributed by atoms with E-state index in [0.29, 0.717) is 11.8 Å². The largest absolute Gasteiger partial charge is 0.384 e. The summed E-state index contributed by atoms with van der Waals surface area (Å²) < 4.78 is 0. The van der Waals surface area contributed by atoms with E-state index >= 15 is 0 Å². The van der Waals surface area contributed by atoms with E-state index in [-0.39, 0.29) is 0 Å². The summed E-state index contributed by atoms with van der Waals surface area (Å²) in [6.45, 7) is 5.59. The van der Waals surface area contributed by atoms with Crippen molar-refractivity contribution in [3.63, 3.8) is 0 Å². The van der Waals surface area contributed by atoms with Gasteiger partial charge in [-0.25, -0.2) is 9.97 Å². The molecule has 110 valence electrons. The van der Waals surface area contributed by atoms with Gasteiger partial charge < -0.3 is 21.7 Å². The van der Waals surface area contributed by atoms with Crippen LogP contribution in [0, 0.1) is 6.92 Å². The van der Waals surface area contributed by atoms with Crippen molar-refractivity contribution < 1.29 is 0 Å². The van der Waals surface area contributed by atoms with Gasteiger partial charge in [-0.15, -0.1) is 0 Å². The highest BCUT2D eigenvalue weighted by Gasteiger charge is 2.20. The Morgan fingerprint density at radius 2 is 1.90 bits per heavy atom. The Hall–Kier alpha value is -2.41. The molecule has 0 saturated carbocycles. The number of aromatic nitrogens is 3. The standard InChI is InChI=1S/C14H19N7/c1-9-12(10-2-3-11(15)18-8-10)13(20-14(16)19-9)21-6-4-17-5-7-21/h2-3,8,17H,4-7H2,1H3,(H2,15,18)(H2,16,19,20). The molecule has 0 aliphatic carbocycles. The number of hydrogen-bond donors (Lipinski definition) is 3. The Kier molecular flexibility index (Phi) is 3.57. The van der Waals surface area contributed by atoms with Crippen molar-refractivity contribution in [2.75, 3.05) is 42.5 Å². The highest BCUT2D eigenvalue weighted by atomic mass is 15.2. The molecule has 0 unspecified atom stereocenters. The minimum absolute atomic E-state index is 0.299. The molecule has 7 heteroatoms. The second kappa shape index (κ2) is 5.53. The molecule has 21 heavy (non-hydrogen) atoms. The number of nitrogens with zero attached hydrogens (tertiary/aromatic N) is 4. The Labute approximate surface area is 123 Å². The Morgan fingerprint density at radius 1 is 1.14 bits per heavy atom. The van der Waals surface area contributed by atoms with Crippen molar-refractivity contribution in [1.29, 1.82) is 0 Å². The highest BCUT2D eigenvalue weighted by molar-refractivity contribution is 5.78. The summed E-state index contributed by atoms with van der Waals surface area (Å²) in [6.07, 6.45) is 1.75. The summed E-state index contributed by atoms with van der Waals surface area (Å²) in [6, 6.07) is 3.72. The fourth-order valence-corrected chi connectivity index (χ4v) is 2.58. The number of anilines is 3. The predicted molar refractivity (Wildman–Crippen MR) is 83.9 cm³/mol. The number of aryl methyl sites for hydroxylation is 1. The van der Waals surface area contributed by atoms with Gasteiger partial charge in [0.2, 0.25) is 5.95 Å². The monoisotopic (exact) mass is 285 g/mol. The number of pyridine rings is 1. The third-order valence-electron chi connectivity index (χ3n) is 3.58. The average Bonchev–Trinajstić information content (AvgIpc) is 2.49. The number of rotatable bonds is 2. The van der Waals surface area contributed by atoms with Gasteiger partial charge in [0, 0.05) is 43.5 Å². The minimum Gasteiger partial charge on any atom is -0.384 e. The maximum atomic E-state index is 5.84. The van der Waals surface area contributed by atoms with Gasteiger partial charge in [-0.1, -0.05) is 0 Å². The molecular weight excluding hydrogens is 266 g/mol. The van der Waals surface area contributed by atoms with Gasteiger partial charge in [0.05, 0.1) is 5.69 Å². The van der Waals surface area contributed by atoms with E-state index in [9.17, 15) is 0 Å². The Bertz CT molecular complexity index is 633. The molecule has 0 atom stereocenters. The van der Waals surface area contributed by atoms with E-state index in [4.69, 9.17) is 11.5 Å². The highest BCUT2D eigenvalue weighted by Crippen LogP contribution is 2.32. The molecule has 3 rings (SSSR count). The molecule has 1 aliphatic rings. The van der Waals surface area contributed by atoms with Crippen LogP contribution in [-0.4, -0.2) is 41.1 Å². The number of nitrogens with one attached hydrogen (secondary N) is 1. The second-order valence-corrected chi connectivity index (χ2v) is 5.07.